The van der Waals surface area contributed by atoms with Crippen LogP contribution in [0.1, 0.15) is 36.2 Å². The molecule has 0 bridgehead atoms. The fourth-order valence-corrected chi connectivity index (χ4v) is 4.50. The van der Waals surface area contributed by atoms with Gasteiger partial charge in [-0.1, -0.05) is 19.4 Å². The molecule has 1 unspecified atom stereocenters. The van der Waals surface area contributed by atoms with Crippen molar-refractivity contribution in [2.75, 3.05) is 5.73 Å². The standard InChI is InChI=1S/C15H20N2O2S2/c1-3-5-14(15-6-4-7-20-15)17-21(18,19)13-9-11(2)8-12(16)10-13/h4,6-10,14,17H,3,5,16H2,1-2H3. The second kappa shape index (κ2) is 6.60. The fourth-order valence-electron chi connectivity index (χ4n) is 2.22. The molecule has 0 aliphatic rings. The van der Waals surface area contributed by atoms with Crippen LogP contribution in [0.3, 0.4) is 0 Å². The Labute approximate surface area is 130 Å². The van der Waals surface area contributed by atoms with Crippen LogP contribution in [0.5, 0.6) is 0 Å². The summed E-state index contributed by atoms with van der Waals surface area (Å²) in [5, 5.41) is 1.96. The molecule has 0 amide bonds. The lowest BCUT2D eigenvalue weighted by Crippen LogP contribution is -2.28. The molecule has 0 radical (unpaired) electrons. The van der Waals surface area contributed by atoms with Crippen LogP contribution in [0.25, 0.3) is 0 Å². The van der Waals surface area contributed by atoms with Gasteiger partial charge >= 0.3 is 0 Å². The van der Waals surface area contributed by atoms with Gasteiger partial charge in [-0.15, -0.1) is 11.3 Å². The van der Waals surface area contributed by atoms with Crippen LogP contribution in [0, 0.1) is 6.92 Å². The highest BCUT2D eigenvalue weighted by atomic mass is 32.2. The summed E-state index contributed by atoms with van der Waals surface area (Å²) < 4.78 is 27.9. The van der Waals surface area contributed by atoms with Crippen molar-refractivity contribution in [3.63, 3.8) is 0 Å². The van der Waals surface area contributed by atoms with E-state index in [2.05, 4.69) is 4.72 Å². The molecular weight excluding hydrogens is 304 g/mol. The van der Waals surface area contributed by atoms with Crippen LogP contribution in [-0.4, -0.2) is 8.42 Å². The van der Waals surface area contributed by atoms with E-state index in [-0.39, 0.29) is 10.9 Å². The van der Waals surface area contributed by atoms with Gasteiger partial charge in [0.25, 0.3) is 0 Å². The summed E-state index contributed by atoms with van der Waals surface area (Å²) in [6, 6.07) is 8.58. The number of nitrogens with two attached hydrogens (primary N) is 1. The quantitative estimate of drug-likeness (QED) is 0.799. The third-order valence-corrected chi connectivity index (χ3v) is 5.58. The van der Waals surface area contributed by atoms with Crippen molar-refractivity contribution in [2.45, 2.75) is 37.6 Å². The zero-order valence-corrected chi connectivity index (χ0v) is 13.8. The Bertz CT molecular complexity index is 674. The summed E-state index contributed by atoms with van der Waals surface area (Å²) in [7, 11) is -3.58. The van der Waals surface area contributed by atoms with Crippen molar-refractivity contribution in [1.29, 1.82) is 0 Å². The third kappa shape index (κ3) is 4.06. The van der Waals surface area contributed by atoms with Crippen LogP contribution in [0.15, 0.2) is 40.6 Å². The van der Waals surface area contributed by atoms with Gasteiger partial charge in [0.2, 0.25) is 10.0 Å². The van der Waals surface area contributed by atoms with Crippen LogP contribution < -0.4 is 10.5 Å². The topological polar surface area (TPSA) is 72.2 Å². The molecule has 0 spiro atoms. The first-order valence-corrected chi connectivity index (χ1v) is 9.21. The Kier molecular flexibility index (Phi) is 5.03. The molecule has 4 nitrogen and oxygen atoms in total. The fraction of sp³-hybridized carbons (Fsp3) is 0.333. The second-order valence-corrected chi connectivity index (χ2v) is 7.75. The lowest BCUT2D eigenvalue weighted by Gasteiger charge is -2.17. The van der Waals surface area contributed by atoms with Crippen molar-refractivity contribution in [1.82, 2.24) is 4.72 Å². The van der Waals surface area contributed by atoms with Gasteiger partial charge in [0.05, 0.1) is 10.9 Å². The number of sulfonamides is 1. The van der Waals surface area contributed by atoms with E-state index in [0.717, 1.165) is 23.3 Å². The Morgan fingerprint density at radius 3 is 2.67 bits per heavy atom. The van der Waals surface area contributed by atoms with Crippen LogP contribution in [0.4, 0.5) is 5.69 Å². The molecule has 6 heteroatoms. The number of hydrogen-bond acceptors (Lipinski definition) is 4. The van der Waals surface area contributed by atoms with Gasteiger partial charge in [-0.2, -0.15) is 0 Å². The first kappa shape index (κ1) is 16.0. The minimum Gasteiger partial charge on any atom is -0.399 e. The van der Waals surface area contributed by atoms with Gasteiger partial charge in [0, 0.05) is 10.6 Å². The highest BCUT2D eigenvalue weighted by molar-refractivity contribution is 7.89. The molecule has 1 aromatic carbocycles. The Hall–Kier alpha value is -1.37. The largest absolute Gasteiger partial charge is 0.399 e. The molecule has 0 fully saturated rings. The van der Waals surface area contributed by atoms with Crippen molar-refractivity contribution in [3.8, 4) is 0 Å². The summed E-state index contributed by atoms with van der Waals surface area (Å²) in [5.74, 6) is 0. The highest BCUT2D eigenvalue weighted by Crippen LogP contribution is 2.26. The van der Waals surface area contributed by atoms with Gasteiger partial charge < -0.3 is 5.73 Å². The zero-order chi connectivity index (χ0) is 15.5. The molecule has 2 aromatic rings. The van der Waals surface area contributed by atoms with Crippen LogP contribution in [0.2, 0.25) is 0 Å². The maximum Gasteiger partial charge on any atom is 0.241 e. The van der Waals surface area contributed by atoms with E-state index in [1.165, 1.54) is 6.07 Å². The second-order valence-electron chi connectivity index (χ2n) is 5.06. The van der Waals surface area contributed by atoms with Gasteiger partial charge in [0.15, 0.2) is 0 Å². The van der Waals surface area contributed by atoms with E-state index in [0.29, 0.717) is 5.69 Å². The highest BCUT2D eigenvalue weighted by Gasteiger charge is 2.22. The molecular formula is C15H20N2O2S2. The van der Waals surface area contributed by atoms with Gasteiger partial charge in [-0.25, -0.2) is 13.1 Å². The predicted octanol–water partition coefficient (Wildman–Crippen LogP) is 3.46. The number of aryl methyl sites for hydroxylation is 1. The van der Waals surface area contributed by atoms with Gasteiger partial charge in [0.1, 0.15) is 0 Å². The Morgan fingerprint density at radius 2 is 2.10 bits per heavy atom. The molecule has 1 atom stereocenters. The first-order chi connectivity index (χ1) is 9.92. The predicted molar refractivity (Wildman–Crippen MR) is 87.9 cm³/mol. The molecule has 2 rings (SSSR count). The van der Waals surface area contributed by atoms with Crippen molar-refractivity contribution in [2.24, 2.45) is 0 Å². The SMILES string of the molecule is CCCC(NS(=O)(=O)c1cc(C)cc(N)c1)c1cccs1. The summed E-state index contributed by atoms with van der Waals surface area (Å²) in [4.78, 5) is 1.25. The van der Waals surface area contributed by atoms with E-state index in [1.54, 1.807) is 23.5 Å². The van der Waals surface area contributed by atoms with E-state index >= 15 is 0 Å². The molecule has 0 aliphatic carbocycles. The molecule has 1 heterocycles. The van der Waals surface area contributed by atoms with Crippen LogP contribution >= 0.6 is 11.3 Å². The summed E-state index contributed by atoms with van der Waals surface area (Å²) in [5.41, 5.74) is 7.04. The van der Waals surface area contributed by atoms with Crippen LogP contribution in [-0.2, 0) is 10.0 Å². The molecule has 1 aromatic heterocycles. The Balaban J connectivity index is 2.30. The van der Waals surface area contributed by atoms with Crippen molar-refractivity contribution < 1.29 is 8.42 Å². The maximum atomic E-state index is 12.6. The maximum absolute atomic E-state index is 12.6. The lowest BCUT2D eigenvalue weighted by atomic mass is 10.1. The number of nitrogen functional groups attached to an aromatic ring is 1. The molecule has 0 aliphatic heterocycles. The lowest BCUT2D eigenvalue weighted by molar-refractivity contribution is 0.540. The monoisotopic (exact) mass is 324 g/mol. The smallest absolute Gasteiger partial charge is 0.241 e. The average molecular weight is 324 g/mol. The van der Waals surface area contributed by atoms with Gasteiger partial charge in [-0.05, 0) is 48.6 Å². The number of anilines is 1. The molecule has 3 N–H and O–H groups in total. The molecule has 21 heavy (non-hydrogen) atoms. The van der Waals surface area contributed by atoms with E-state index in [9.17, 15) is 8.42 Å². The first-order valence-electron chi connectivity index (χ1n) is 6.85. The third-order valence-electron chi connectivity index (χ3n) is 3.14. The van der Waals surface area contributed by atoms with Crippen molar-refractivity contribution >= 4 is 27.0 Å². The summed E-state index contributed by atoms with van der Waals surface area (Å²) in [6.07, 6.45) is 1.67. The number of thiophene rings is 1. The molecule has 0 saturated carbocycles. The normalized spacial score (nSPS) is 13.2. The van der Waals surface area contributed by atoms with E-state index < -0.39 is 10.0 Å². The molecule has 114 valence electrons. The zero-order valence-electron chi connectivity index (χ0n) is 12.2. The van der Waals surface area contributed by atoms with Gasteiger partial charge in [-0.3, -0.25) is 0 Å². The molecule has 0 saturated heterocycles. The minimum absolute atomic E-state index is 0.193. The average Bonchev–Trinajstić information content (AvgIpc) is 2.90. The number of rotatable bonds is 6. The Morgan fingerprint density at radius 1 is 1.33 bits per heavy atom. The van der Waals surface area contributed by atoms with E-state index in [1.807, 2.05) is 31.4 Å². The summed E-state index contributed by atoms with van der Waals surface area (Å²) in [6.45, 7) is 3.87. The van der Waals surface area contributed by atoms with Crippen molar-refractivity contribution in [3.05, 3.63) is 46.2 Å². The minimum atomic E-state index is -3.58. The number of nitrogens with one attached hydrogen (secondary N) is 1. The number of hydrogen-bond donors (Lipinski definition) is 2. The summed E-state index contributed by atoms with van der Waals surface area (Å²) >= 11 is 1.56. The van der Waals surface area contributed by atoms with E-state index in [4.69, 9.17) is 5.73 Å². The number of benzene rings is 1.